The first-order valence-electron chi connectivity index (χ1n) is 11.2. The lowest BCUT2D eigenvalue weighted by Crippen LogP contribution is -2.50. The van der Waals surface area contributed by atoms with Crippen LogP contribution in [0.5, 0.6) is 11.5 Å². The second-order valence-electron chi connectivity index (χ2n) is 7.79. The van der Waals surface area contributed by atoms with Crippen molar-refractivity contribution >= 4 is 44.5 Å². The van der Waals surface area contributed by atoms with E-state index in [9.17, 15) is 9.90 Å². The maximum atomic E-state index is 13.2. The fraction of sp³-hybridized carbons (Fsp3) is 0.375. The van der Waals surface area contributed by atoms with E-state index in [1.807, 2.05) is 25.1 Å². The number of amidine groups is 1. The molecule has 0 saturated carbocycles. The Kier molecular flexibility index (Phi) is 7.60. The number of unbranched alkanes of at least 4 members (excludes halogenated alkanes) is 3. The highest BCUT2D eigenvalue weighted by Crippen LogP contribution is 2.35. The fourth-order valence-corrected chi connectivity index (χ4v) is 5.01. The number of thioether (sulfide) groups is 1. The van der Waals surface area contributed by atoms with Gasteiger partial charge in [0.05, 0.1) is 12.0 Å². The lowest BCUT2D eigenvalue weighted by molar-refractivity contribution is -0.116. The Hall–Kier alpha value is -2.52. The number of ether oxygens (including phenoxy) is 1. The molecule has 1 unspecified atom stereocenters. The molecule has 2 aliphatic heterocycles. The average Bonchev–Trinajstić information content (AvgIpc) is 2.80. The molecule has 9 heteroatoms. The highest BCUT2D eigenvalue weighted by atomic mass is 79.9. The number of rotatable bonds is 8. The van der Waals surface area contributed by atoms with Crippen molar-refractivity contribution in [3.8, 4) is 11.5 Å². The molecule has 2 N–H and O–H groups in total. The summed E-state index contributed by atoms with van der Waals surface area (Å²) in [5.74, 6) is 1.13. The number of carbonyl (C=O) groups is 1. The van der Waals surface area contributed by atoms with E-state index in [-0.39, 0.29) is 11.7 Å². The maximum Gasteiger partial charge on any atom is 0.276 e. The van der Waals surface area contributed by atoms with Crippen LogP contribution < -0.4 is 20.6 Å². The zero-order valence-corrected chi connectivity index (χ0v) is 21.1. The number of benzene rings is 2. The summed E-state index contributed by atoms with van der Waals surface area (Å²) in [6, 6.07) is 10.8. The summed E-state index contributed by atoms with van der Waals surface area (Å²) in [5, 5.41) is 21.6. The van der Waals surface area contributed by atoms with Gasteiger partial charge in [-0.15, -0.1) is 5.10 Å². The molecule has 1 amide bonds. The molecule has 2 aromatic carbocycles. The molecule has 1 atom stereocenters. The molecule has 2 aromatic rings. The number of hydrogen-bond acceptors (Lipinski definition) is 7. The second-order valence-corrected chi connectivity index (χ2v) is 9.79. The van der Waals surface area contributed by atoms with Crippen LogP contribution in [0, 0.1) is 0 Å². The van der Waals surface area contributed by atoms with Gasteiger partial charge in [0.1, 0.15) is 5.70 Å². The molecule has 174 valence electrons. The largest absolute Gasteiger partial charge is 0.504 e. The Morgan fingerprint density at radius 3 is 2.82 bits per heavy atom. The number of hydrogen-bond donors (Lipinski definition) is 2. The van der Waals surface area contributed by atoms with Gasteiger partial charge in [-0.05, 0) is 43.7 Å². The summed E-state index contributed by atoms with van der Waals surface area (Å²) in [6.45, 7) is 4.48. The third-order valence-electron chi connectivity index (χ3n) is 5.39. The van der Waals surface area contributed by atoms with Gasteiger partial charge in [-0.1, -0.05) is 59.9 Å². The molecule has 2 aliphatic rings. The lowest BCUT2D eigenvalue weighted by Gasteiger charge is -2.34. The number of hydrazone groups is 1. The predicted octanol–water partition coefficient (Wildman–Crippen LogP) is 4.01. The van der Waals surface area contributed by atoms with Crippen molar-refractivity contribution in [2.75, 3.05) is 12.4 Å². The summed E-state index contributed by atoms with van der Waals surface area (Å²) in [5.41, 5.74) is 1.22. The molecule has 0 bridgehead atoms. The highest BCUT2D eigenvalue weighted by molar-refractivity contribution is 9.10. The topological polar surface area (TPSA) is 86.5 Å². The van der Waals surface area contributed by atoms with Crippen molar-refractivity contribution in [2.24, 2.45) is 10.1 Å². The van der Waals surface area contributed by atoms with Crippen LogP contribution in [-0.2, 0) is 4.79 Å². The standard InChI is InChI=1S/C24H27BrN4O3S/c1-3-5-6-7-12-33-24-27-23(31)21-17-14-16(25)9-10-18(17)26-22(29(21)28-24)15-8-11-19(30)20(13-15)32-4-2/h8-11,13-14,22,30H,3-7,12H2,1-2H3,(H,27,28,31). The van der Waals surface area contributed by atoms with Gasteiger partial charge < -0.3 is 9.84 Å². The van der Waals surface area contributed by atoms with Crippen molar-refractivity contribution in [1.29, 1.82) is 0 Å². The zero-order chi connectivity index (χ0) is 23.4. The minimum Gasteiger partial charge on any atom is -0.504 e. The molecule has 4 rings (SSSR count). The summed E-state index contributed by atoms with van der Waals surface area (Å²) in [7, 11) is 0. The molecule has 0 spiro atoms. The SMILES string of the molecule is CCCCCCSC1=NN2C(=c3cc(Br)ccc3=NC2c2ccc(O)c(OCC)c2)C(=O)N1. The number of phenolic OH excluding ortho intramolecular Hbond substituents is 1. The molecular formula is C24H27BrN4O3S. The number of nitrogens with one attached hydrogen (secondary N) is 1. The molecule has 2 heterocycles. The van der Waals surface area contributed by atoms with Crippen LogP contribution in [0.1, 0.15) is 51.3 Å². The molecule has 0 saturated heterocycles. The van der Waals surface area contributed by atoms with E-state index in [0.717, 1.165) is 27.4 Å². The molecule has 0 fully saturated rings. The molecule has 0 aliphatic carbocycles. The van der Waals surface area contributed by atoms with Gasteiger partial charge in [-0.25, -0.2) is 5.01 Å². The van der Waals surface area contributed by atoms with Crippen molar-refractivity contribution in [3.63, 3.8) is 0 Å². The van der Waals surface area contributed by atoms with E-state index in [1.54, 1.807) is 35.0 Å². The first-order chi connectivity index (χ1) is 16.0. The van der Waals surface area contributed by atoms with Crippen LogP contribution in [0.25, 0.3) is 5.70 Å². The van der Waals surface area contributed by atoms with Crippen molar-refractivity contribution in [1.82, 2.24) is 10.3 Å². The van der Waals surface area contributed by atoms with E-state index in [2.05, 4.69) is 28.2 Å². The molecule has 0 aromatic heterocycles. The second kappa shape index (κ2) is 10.6. The lowest BCUT2D eigenvalue weighted by atomic mass is 10.1. The van der Waals surface area contributed by atoms with Gasteiger partial charge in [0.25, 0.3) is 5.91 Å². The smallest absolute Gasteiger partial charge is 0.276 e. The minimum atomic E-state index is -0.560. The third kappa shape index (κ3) is 5.19. The monoisotopic (exact) mass is 530 g/mol. The Bertz CT molecular complexity index is 1200. The summed E-state index contributed by atoms with van der Waals surface area (Å²) in [4.78, 5) is 18.2. The number of nitrogens with zero attached hydrogens (tertiary/aromatic N) is 3. The normalized spacial score (nSPS) is 17.0. The number of phenols is 1. The maximum absolute atomic E-state index is 13.2. The number of fused-ring (bicyclic) bond motifs is 2. The average molecular weight is 531 g/mol. The van der Waals surface area contributed by atoms with Gasteiger partial charge in [-0.3, -0.25) is 15.1 Å². The van der Waals surface area contributed by atoms with E-state index in [0.29, 0.717) is 28.6 Å². The summed E-state index contributed by atoms with van der Waals surface area (Å²) >= 11 is 5.05. The molecular weight excluding hydrogens is 504 g/mol. The summed E-state index contributed by atoms with van der Waals surface area (Å²) < 4.78 is 6.43. The van der Waals surface area contributed by atoms with Gasteiger partial charge in [-0.2, -0.15) is 0 Å². The molecule has 0 radical (unpaired) electrons. The number of carbonyl (C=O) groups excluding carboxylic acids is 1. The number of halogens is 1. The Morgan fingerprint density at radius 1 is 1.18 bits per heavy atom. The van der Waals surface area contributed by atoms with Crippen LogP contribution in [0.15, 0.2) is 51.0 Å². The predicted molar refractivity (Wildman–Crippen MR) is 134 cm³/mol. The van der Waals surface area contributed by atoms with Crippen LogP contribution in [0.3, 0.4) is 0 Å². The quantitative estimate of drug-likeness (QED) is 0.503. The van der Waals surface area contributed by atoms with Gasteiger partial charge in [0, 0.05) is 21.0 Å². The van der Waals surface area contributed by atoms with Crippen molar-refractivity contribution < 1.29 is 14.6 Å². The molecule has 7 nitrogen and oxygen atoms in total. The Labute approximate surface area is 205 Å². The van der Waals surface area contributed by atoms with E-state index < -0.39 is 6.17 Å². The minimum absolute atomic E-state index is 0.0631. The van der Waals surface area contributed by atoms with E-state index in [4.69, 9.17) is 14.8 Å². The van der Waals surface area contributed by atoms with E-state index in [1.165, 1.54) is 19.3 Å². The third-order valence-corrected chi connectivity index (χ3v) is 6.83. The van der Waals surface area contributed by atoms with Crippen LogP contribution >= 0.6 is 27.7 Å². The van der Waals surface area contributed by atoms with Crippen molar-refractivity contribution in [2.45, 2.75) is 45.7 Å². The van der Waals surface area contributed by atoms with Crippen LogP contribution in [0.4, 0.5) is 0 Å². The van der Waals surface area contributed by atoms with Crippen molar-refractivity contribution in [3.05, 3.63) is 57.0 Å². The fourth-order valence-electron chi connectivity index (χ4n) is 3.79. The highest BCUT2D eigenvalue weighted by Gasteiger charge is 2.34. The first kappa shape index (κ1) is 23.6. The number of amides is 1. The van der Waals surface area contributed by atoms with Crippen LogP contribution in [0.2, 0.25) is 0 Å². The van der Waals surface area contributed by atoms with Gasteiger partial charge in [0.15, 0.2) is 22.8 Å². The van der Waals surface area contributed by atoms with Crippen LogP contribution in [-0.4, -0.2) is 33.6 Å². The van der Waals surface area contributed by atoms with E-state index >= 15 is 0 Å². The Balaban J connectivity index is 1.76. The van der Waals surface area contributed by atoms with Gasteiger partial charge in [0.2, 0.25) is 0 Å². The van der Waals surface area contributed by atoms with Gasteiger partial charge >= 0.3 is 0 Å². The molecule has 33 heavy (non-hydrogen) atoms. The Morgan fingerprint density at radius 2 is 2.03 bits per heavy atom. The first-order valence-corrected chi connectivity index (χ1v) is 12.9. The summed E-state index contributed by atoms with van der Waals surface area (Å²) in [6.07, 6.45) is 4.07. The zero-order valence-electron chi connectivity index (χ0n) is 18.7. The number of aromatic hydroxyl groups is 1.